The molecule has 4 aromatic rings. The molecule has 0 spiro atoms. The van der Waals surface area contributed by atoms with Crippen LogP contribution < -0.4 is 15.0 Å². The van der Waals surface area contributed by atoms with Crippen LogP contribution in [0.15, 0.2) is 97.1 Å². The van der Waals surface area contributed by atoms with E-state index in [1.807, 2.05) is 48.5 Å². The molecule has 42 heavy (non-hydrogen) atoms. The number of carbonyl (C=O) groups is 4. The largest absolute Gasteiger partial charge is 0.495 e. The number of rotatable bonds is 6. The maximum atomic E-state index is 14.1. The highest BCUT2D eigenvalue weighted by Gasteiger charge is 2.62. The summed E-state index contributed by atoms with van der Waals surface area (Å²) in [5.41, 5.74) is 4.90. The molecule has 3 aliphatic carbocycles. The van der Waals surface area contributed by atoms with Crippen molar-refractivity contribution < 1.29 is 28.7 Å². The molecule has 8 nitrogen and oxygen atoms in total. The minimum absolute atomic E-state index is 0.0327. The minimum Gasteiger partial charge on any atom is -0.495 e. The smallest absolute Gasteiger partial charge is 0.340 e. The van der Waals surface area contributed by atoms with Crippen LogP contribution in [0, 0.1) is 11.8 Å². The van der Waals surface area contributed by atoms with Gasteiger partial charge in [-0.1, -0.05) is 72.8 Å². The lowest BCUT2D eigenvalue weighted by Gasteiger charge is -2.45. The number of imide groups is 1. The Balaban J connectivity index is 1.17. The molecule has 1 heterocycles. The first-order valence-electron chi connectivity index (χ1n) is 13.7. The van der Waals surface area contributed by atoms with Gasteiger partial charge in [-0.25, -0.2) is 9.69 Å². The molecule has 1 aliphatic heterocycles. The predicted octanol–water partition coefficient (Wildman–Crippen LogP) is 4.89. The average Bonchev–Trinajstić information content (AvgIpc) is 3.29. The molecular formula is C34H26N2O6. The number of benzene rings is 4. The molecule has 1 fully saturated rings. The SMILES string of the molecule is COc1ccccc1NC(=O)COC(=O)c1ccccc1N1C(=O)[C@H]2C3c4ccccc4C(c4ccccc43)[C@@H]2C1=O. The summed E-state index contributed by atoms with van der Waals surface area (Å²) >= 11 is 0. The summed E-state index contributed by atoms with van der Waals surface area (Å²) in [6, 6.07) is 29.3. The second-order valence-electron chi connectivity index (χ2n) is 10.6. The quantitative estimate of drug-likeness (QED) is 0.267. The lowest BCUT2D eigenvalue weighted by atomic mass is 9.55. The summed E-state index contributed by atoms with van der Waals surface area (Å²) in [5.74, 6) is -3.25. The first kappa shape index (κ1) is 25.7. The zero-order valence-corrected chi connectivity index (χ0v) is 22.7. The zero-order valence-electron chi connectivity index (χ0n) is 22.7. The van der Waals surface area contributed by atoms with Crippen LogP contribution in [0.5, 0.6) is 5.75 Å². The Morgan fingerprint density at radius 2 is 1.21 bits per heavy atom. The molecular weight excluding hydrogens is 532 g/mol. The van der Waals surface area contributed by atoms with E-state index in [1.54, 1.807) is 42.5 Å². The van der Waals surface area contributed by atoms with Crippen LogP contribution in [-0.2, 0) is 19.1 Å². The fourth-order valence-corrected chi connectivity index (χ4v) is 6.90. The van der Waals surface area contributed by atoms with Gasteiger partial charge in [0.15, 0.2) is 6.61 Å². The normalized spacial score (nSPS) is 21.3. The molecule has 4 aromatic carbocycles. The minimum atomic E-state index is -0.814. The van der Waals surface area contributed by atoms with Gasteiger partial charge in [0.05, 0.1) is 35.9 Å². The van der Waals surface area contributed by atoms with Gasteiger partial charge < -0.3 is 14.8 Å². The molecule has 208 valence electrons. The predicted molar refractivity (Wildman–Crippen MR) is 154 cm³/mol. The third kappa shape index (κ3) is 3.83. The molecule has 8 rings (SSSR count). The fraction of sp³-hybridized carbons (Fsp3) is 0.176. The van der Waals surface area contributed by atoms with Crippen LogP contribution in [0.25, 0.3) is 0 Å². The van der Waals surface area contributed by atoms with Crippen molar-refractivity contribution in [2.75, 3.05) is 23.9 Å². The van der Waals surface area contributed by atoms with Gasteiger partial charge in [-0.05, 0) is 46.5 Å². The monoisotopic (exact) mass is 558 g/mol. The first-order valence-corrected chi connectivity index (χ1v) is 13.7. The summed E-state index contributed by atoms with van der Waals surface area (Å²) < 4.78 is 10.6. The Morgan fingerprint density at radius 1 is 0.714 bits per heavy atom. The lowest BCUT2D eigenvalue weighted by molar-refractivity contribution is -0.122. The number of amides is 3. The van der Waals surface area contributed by atoms with Gasteiger partial charge >= 0.3 is 5.97 Å². The maximum absolute atomic E-state index is 14.1. The van der Waals surface area contributed by atoms with Gasteiger partial charge in [0.1, 0.15) is 5.75 Å². The Hall–Kier alpha value is -5.24. The molecule has 0 unspecified atom stereocenters. The Kier molecular flexibility index (Phi) is 6.12. The Bertz CT molecular complexity index is 1670. The number of carbonyl (C=O) groups excluding carboxylic acids is 4. The van der Waals surface area contributed by atoms with E-state index in [4.69, 9.17) is 9.47 Å². The van der Waals surface area contributed by atoms with E-state index in [2.05, 4.69) is 5.32 Å². The highest BCUT2D eigenvalue weighted by molar-refractivity contribution is 6.25. The molecule has 0 saturated carbocycles. The van der Waals surface area contributed by atoms with E-state index < -0.39 is 30.3 Å². The van der Waals surface area contributed by atoms with Crippen molar-refractivity contribution in [1.82, 2.24) is 0 Å². The summed E-state index contributed by atoms with van der Waals surface area (Å²) in [6.07, 6.45) is 0. The lowest BCUT2D eigenvalue weighted by Crippen LogP contribution is -2.41. The number of nitrogens with one attached hydrogen (secondary N) is 1. The van der Waals surface area contributed by atoms with Crippen LogP contribution in [0.1, 0.15) is 44.4 Å². The van der Waals surface area contributed by atoms with Gasteiger partial charge in [0.25, 0.3) is 5.91 Å². The van der Waals surface area contributed by atoms with E-state index in [1.165, 1.54) is 13.2 Å². The molecule has 2 bridgehead atoms. The van der Waals surface area contributed by atoms with Crippen molar-refractivity contribution in [3.63, 3.8) is 0 Å². The summed E-state index contributed by atoms with van der Waals surface area (Å²) in [6.45, 7) is -0.562. The highest BCUT2D eigenvalue weighted by atomic mass is 16.5. The first-order chi connectivity index (χ1) is 20.5. The van der Waals surface area contributed by atoms with E-state index >= 15 is 0 Å². The van der Waals surface area contributed by atoms with Crippen molar-refractivity contribution in [3.05, 3.63) is 125 Å². The van der Waals surface area contributed by atoms with Crippen LogP contribution in [0.3, 0.4) is 0 Å². The topological polar surface area (TPSA) is 102 Å². The molecule has 3 amide bonds. The third-order valence-electron chi connectivity index (χ3n) is 8.53. The van der Waals surface area contributed by atoms with Gasteiger partial charge in [-0.2, -0.15) is 0 Å². The van der Waals surface area contributed by atoms with Crippen molar-refractivity contribution >= 4 is 35.1 Å². The number of ether oxygens (including phenoxy) is 2. The van der Waals surface area contributed by atoms with Gasteiger partial charge in [-0.3, -0.25) is 14.4 Å². The van der Waals surface area contributed by atoms with Crippen LogP contribution in [-0.4, -0.2) is 37.4 Å². The average molecular weight is 559 g/mol. The molecule has 0 aromatic heterocycles. The van der Waals surface area contributed by atoms with E-state index in [9.17, 15) is 19.2 Å². The summed E-state index contributed by atoms with van der Waals surface area (Å²) in [7, 11) is 1.49. The van der Waals surface area contributed by atoms with E-state index in [0.717, 1.165) is 27.2 Å². The van der Waals surface area contributed by atoms with E-state index in [0.29, 0.717) is 11.4 Å². The van der Waals surface area contributed by atoms with Crippen LogP contribution in [0.4, 0.5) is 11.4 Å². The molecule has 1 N–H and O–H groups in total. The van der Waals surface area contributed by atoms with Crippen LogP contribution in [0.2, 0.25) is 0 Å². The highest BCUT2D eigenvalue weighted by Crippen LogP contribution is 2.61. The standard InChI is InChI=1S/C34H26N2O6/c1-41-26-17-9-7-15-24(26)35-27(37)18-42-34(40)23-14-6-8-16-25(23)36-32(38)30-28-19-10-2-3-11-20(19)29(31(30)33(36)39)22-13-5-4-12-21(22)28/h2-17,28-31H,18H2,1H3,(H,35,37)/t28?,29?,30-,31-/m0/s1. The van der Waals surface area contributed by atoms with Crippen molar-refractivity contribution in [3.8, 4) is 5.75 Å². The molecule has 4 aliphatic rings. The fourth-order valence-electron chi connectivity index (χ4n) is 6.90. The van der Waals surface area contributed by atoms with Gasteiger partial charge in [0, 0.05) is 11.8 Å². The number of esters is 1. The van der Waals surface area contributed by atoms with Crippen molar-refractivity contribution in [1.29, 1.82) is 0 Å². The maximum Gasteiger partial charge on any atom is 0.340 e. The van der Waals surface area contributed by atoms with E-state index in [-0.39, 0.29) is 34.9 Å². The Labute approximate surface area is 241 Å². The Morgan fingerprint density at radius 3 is 1.79 bits per heavy atom. The molecule has 1 saturated heterocycles. The van der Waals surface area contributed by atoms with Crippen molar-refractivity contribution in [2.24, 2.45) is 11.8 Å². The number of methoxy groups -OCH3 is 1. The summed E-state index contributed by atoms with van der Waals surface area (Å²) in [5, 5.41) is 2.66. The second kappa shape index (κ2) is 9.99. The third-order valence-corrected chi connectivity index (χ3v) is 8.53. The number of anilines is 2. The zero-order chi connectivity index (χ0) is 29.0. The molecule has 0 radical (unpaired) electrons. The van der Waals surface area contributed by atoms with Gasteiger partial charge in [0.2, 0.25) is 11.8 Å². The second-order valence-corrected chi connectivity index (χ2v) is 10.6. The number of hydrogen-bond donors (Lipinski definition) is 1. The molecule has 2 atom stereocenters. The van der Waals surface area contributed by atoms with Crippen LogP contribution >= 0.6 is 0 Å². The van der Waals surface area contributed by atoms with Gasteiger partial charge in [-0.15, -0.1) is 0 Å². The summed E-state index contributed by atoms with van der Waals surface area (Å²) in [4.78, 5) is 55.3. The molecule has 8 heteroatoms. The number of hydrogen-bond acceptors (Lipinski definition) is 6. The van der Waals surface area contributed by atoms with Crippen molar-refractivity contribution in [2.45, 2.75) is 11.8 Å². The number of para-hydroxylation sites is 3. The number of nitrogens with zero attached hydrogens (tertiary/aromatic N) is 1.